The smallest absolute Gasteiger partial charge is 0.162 e. The van der Waals surface area contributed by atoms with Gasteiger partial charge in [-0.25, -0.2) is 4.98 Å². The summed E-state index contributed by atoms with van der Waals surface area (Å²) in [6.07, 6.45) is 0. The summed E-state index contributed by atoms with van der Waals surface area (Å²) in [5.74, 6) is 2.20. The van der Waals surface area contributed by atoms with E-state index in [1.165, 1.54) is 0 Å². The molecular weight excluding hydrogens is 332 g/mol. The Labute approximate surface area is 131 Å². The number of nitrogens with one attached hydrogen (secondary N) is 1. The summed E-state index contributed by atoms with van der Waals surface area (Å²) in [7, 11) is 1.63. The first kappa shape index (κ1) is 13.9. The fourth-order valence-electron chi connectivity index (χ4n) is 2.22. The van der Waals surface area contributed by atoms with Gasteiger partial charge in [-0.15, -0.1) is 0 Å². The van der Waals surface area contributed by atoms with Gasteiger partial charge in [-0.2, -0.15) is 0 Å². The van der Waals surface area contributed by atoms with Gasteiger partial charge in [0.15, 0.2) is 11.5 Å². The van der Waals surface area contributed by atoms with Crippen molar-refractivity contribution in [2.45, 2.75) is 6.92 Å². The molecule has 0 spiro atoms. The highest BCUT2D eigenvalue weighted by molar-refractivity contribution is 9.10. The summed E-state index contributed by atoms with van der Waals surface area (Å²) < 4.78 is 11.9. The highest BCUT2D eigenvalue weighted by atomic mass is 79.9. The first-order valence-electron chi connectivity index (χ1n) is 6.68. The van der Waals surface area contributed by atoms with Crippen molar-refractivity contribution in [3.8, 4) is 22.9 Å². The van der Waals surface area contributed by atoms with Crippen LogP contribution in [-0.4, -0.2) is 23.7 Å². The molecule has 4 nitrogen and oxygen atoms in total. The third-order valence-electron chi connectivity index (χ3n) is 3.20. The Kier molecular flexibility index (Phi) is 3.84. The Morgan fingerprint density at radius 1 is 1.19 bits per heavy atom. The van der Waals surface area contributed by atoms with E-state index in [0.717, 1.165) is 26.9 Å². The topological polar surface area (TPSA) is 47.1 Å². The van der Waals surface area contributed by atoms with E-state index in [0.29, 0.717) is 18.1 Å². The highest BCUT2D eigenvalue weighted by Gasteiger charge is 2.14. The number of fused-ring (bicyclic) bond motifs is 1. The largest absolute Gasteiger partial charge is 0.493 e. The molecule has 0 atom stereocenters. The molecule has 1 N–H and O–H groups in total. The maximum absolute atomic E-state index is 5.57. The van der Waals surface area contributed by atoms with E-state index in [1.807, 2.05) is 43.3 Å². The summed E-state index contributed by atoms with van der Waals surface area (Å²) in [5, 5.41) is 0. The van der Waals surface area contributed by atoms with Gasteiger partial charge in [-0.05, 0) is 47.1 Å². The summed E-state index contributed by atoms with van der Waals surface area (Å²) in [6, 6.07) is 11.8. The van der Waals surface area contributed by atoms with Gasteiger partial charge >= 0.3 is 0 Å². The van der Waals surface area contributed by atoms with Gasteiger partial charge in [-0.3, -0.25) is 0 Å². The first-order chi connectivity index (χ1) is 10.2. The number of halogens is 1. The van der Waals surface area contributed by atoms with Gasteiger partial charge in [0.05, 0.1) is 24.8 Å². The quantitative estimate of drug-likeness (QED) is 0.761. The van der Waals surface area contributed by atoms with E-state index in [1.54, 1.807) is 7.11 Å². The number of aromatic amines is 1. The number of rotatable bonds is 4. The van der Waals surface area contributed by atoms with Crippen LogP contribution in [0.2, 0.25) is 0 Å². The van der Waals surface area contributed by atoms with E-state index in [2.05, 4.69) is 25.9 Å². The number of ether oxygens (including phenoxy) is 2. The van der Waals surface area contributed by atoms with E-state index in [-0.39, 0.29) is 0 Å². The molecule has 0 unspecified atom stereocenters. The van der Waals surface area contributed by atoms with Crippen molar-refractivity contribution in [1.29, 1.82) is 0 Å². The van der Waals surface area contributed by atoms with Crippen LogP contribution in [0.5, 0.6) is 11.5 Å². The van der Waals surface area contributed by atoms with Crippen molar-refractivity contribution >= 4 is 27.0 Å². The average molecular weight is 347 g/mol. The number of methoxy groups -OCH3 is 1. The predicted octanol–water partition coefficient (Wildman–Crippen LogP) is 4.40. The van der Waals surface area contributed by atoms with Crippen molar-refractivity contribution < 1.29 is 9.47 Å². The minimum Gasteiger partial charge on any atom is -0.493 e. The lowest BCUT2D eigenvalue weighted by Crippen LogP contribution is -1.96. The second-order valence-electron chi connectivity index (χ2n) is 4.52. The van der Waals surface area contributed by atoms with Crippen LogP contribution >= 0.6 is 15.9 Å². The van der Waals surface area contributed by atoms with Crippen molar-refractivity contribution in [2.75, 3.05) is 13.7 Å². The van der Waals surface area contributed by atoms with Crippen molar-refractivity contribution in [2.24, 2.45) is 0 Å². The molecular formula is C16H15BrN2O2. The van der Waals surface area contributed by atoms with Crippen LogP contribution in [0.25, 0.3) is 22.4 Å². The molecule has 1 heterocycles. The van der Waals surface area contributed by atoms with E-state index >= 15 is 0 Å². The van der Waals surface area contributed by atoms with Crippen LogP contribution < -0.4 is 9.47 Å². The van der Waals surface area contributed by atoms with Crippen molar-refractivity contribution in [3.05, 3.63) is 40.9 Å². The lowest BCUT2D eigenvalue weighted by atomic mass is 10.2. The van der Waals surface area contributed by atoms with Gasteiger partial charge in [0, 0.05) is 10.0 Å². The Morgan fingerprint density at radius 3 is 2.71 bits per heavy atom. The number of nitrogens with zero attached hydrogens (tertiary/aromatic N) is 1. The Bertz CT molecular complexity index is 750. The maximum Gasteiger partial charge on any atom is 0.162 e. The second kappa shape index (κ2) is 5.77. The maximum atomic E-state index is 5.57. The number of para-hydroxylation sites is 2. The van der Waals surface area contributed by atoms with Crippen LogP contribution in [0.15, 0.2) is 40.9 Å². The molecule has 0 amide bonds. The number of hydrogen-bond donors (Lipinski definition) is 1. The lowest BCUT2D eigenvalue weighted by Gasteiger charge is -2.12. The van der Waals surface area contributed by atoms with E-state index in [4.69, 9.17) is 9.47 Å². The van der Waals surface area contributed by atoms with Crippen LogP contribution in [-0.2, 0) is 0 Å². The number of benzene rings is 2. The van der Waals surface area contributed by atoms with Gasteiger partial charge in [0.25, 0.3) is 0 Å². The summed E-state index contributed by atoms with van der Waals surface area (Å²) >= 11 is 3.58. The predicted molar refractivity (Wildman–Crippen MR) is 87.0 cm³/mol. The average Bonchev–Trinajstić information content (AvgIpc) is 2.91. The summed E-state index contributed by atoms with van der Waals surface area (Å²) in [6.45, 7) is 2.54. The summed E-state index contributed by atoms with van der Waals surface area (Å²) in [5.41, 5.74) is 2.88. The fraction of sp³-hybridized carbons (Fsp3) is 0.188. The van der Waals surface area contributed by atoms with Crippen molar-refractivity contribution in [3.63, 3.8) is 0 Å². The Morgan fingerprint density at radius 2 is 2.00 bits per heavy atom. The Hall–Kier alpha value is -2.01. The van der Waals surface area contributed by atoms with Crippen molar-refractivity contribution in [1.82, 2.24) is 9.97 Å². The third-order valence-corrected chi connectivity index (χ3v) is 3.85. The molecule has 0 fully saturated rings. The zero-order chi connectivity index (χ0) is 14.8. The molecule has 3 aromatic rings. The molecule has 1 aromatic heterocycles. The molecule has 0 aliphatic rings. The fourth-order valence-corrected chi connectivity index (χ4v) is 2.73. The second-order valence-corrected chi connectivity index (χ2v) is 5.37. The standard InChI is InChI=1S/C16H15BrN2O2/c1-3-21-15-9-11(17)10(8-14(15)20-2)16-18-12-6-4-5-7-13(12)19-16/h4-9H,3H2,1-2H3,(H,18,19). The number of aromatic nitrogens is 2. The molecule has 3 rings (SSSR count). The number of H-pyrrole nitrogens is 1. The SMILES string of the molecule is CCOc1cc(Br)c(-c2nc3ccccc3[nH]2)cc1OC. The van der Waals surface area contributed by atoms with Gasteiger partial charge in [-0.1, -0.05) is 12.1 Å². The zero-order valence-corrected chi connectivity index (χ0v) is 13.4. The third kappa shape index (κ3) is 2.61. The molecule has 0 saturated heterocycles. The normalized spacial score (nSPS) is 10.8. The molecule has 108 valence electrons. The van der Waals surface area contributed by atoms with Gasteiger partial charge in [0.2, 0.25) is 0 Å². The minimum absolute atomic E-state index is 0.590. The minimum atomic E-state index is 0.590. The highest BCUT2D eigenvalue weighted by Crippen LogP contribution is 2.38. The van der Waals surface area contributed by atoms with E-state index < -0.39 is 0 Å². The van der Waals surface area contributed by atoms with Crippen LogP contribution in [0, 0.1) is 0 Å². The number of imidazole rings is 1. The summed E-state index contributed by atoms with van der Waals surface area (Å²) in [4.78, 5) is 7.93. The molecule has 0 aliphatic carbocycles. The molecule has 0 saturated carbocycles. The van der Waals surface area contributed by atoms with Crippen LogP contribution in [0.1, 0.15) is 6.92 Å². The molecule has 0 aliphatic heterocycles. The molecule has 0 bridgehead atoms. The van der Waals surface area contributed by atoms with Gasteiger partial charge < -0.3 is 14.5 Å². The molecule has 0 radical (unpaired) electrons. The zero-order valence-electron chi connectivity index (χ0n) is 11.8. The molecule has 5 heteroatoms. The molecule has 21 heavy (non-hydrogen) atoms. The van der Waals surface area contributed by atoms with E-state index in [9.17, 15) is 0 Å². The monoisotopic (exact) mass is 346 g/mol. The van der Waals surface area contributed by atoms with Crippen LogP contribution in [0.4, 0.5) is 0 Å². The lowest BCUT2D eigenvalue weighted by molar-refractivity contribution is 0.311. The molecule has 2 aromatic carbocycles. The van der Waals surface area contributed by atoms with Crippen LogP contribution in [0.3, 0.4) is 0 Å². The number of hydrogen-bond acceptors (Lipinski definition) is 3. The van der Waals surface area contributed by atoms with Gasteiger partial charge in [0.1, 0.15) is 5.82 Å². The Balaban J connectivity index is 2.12. The first-order valence-corrected chi connectivity index (χ1v) is 7.47.